The van der Waals surface area contributed by atoms with E-state index in [-0.39, 0.29) is 45.4 Å². The Morgan fingerprint density at radius 1 is 0.833 bits per heavy atom. The molecule has 0 unspecified atom stereocenters. The molecule has 0 radical (unpaired) electrons. The van der Waals surface area contributed by atoms with Crippen LogP contribution in [0.3, 0.4) is 0 Å². The molecular formula is C6H14AlNaO4+2. The van der Waals surface area contributed by atoms with E-state index in [1.54, 1.807) is 14.2 Å². The van der Waals surface area contributed by atoms with E-state index in [1.807, 2.05) is 0 Å². The van der Waals surface area contributed by atoms with Crippen LogP contribution in [-0.4, -0.2) is 56.5 Å². The maximum atomic E-state index is 5.10. The molecule has 0 fully saturated rings. The molecule has 0 saturated carbocycles. The zero-order valence-electron chi connectivity index (χ0n) is 8.04. The van der Waals surface area contributed by atoms with E-state index >= 15 is 0 Å². The molecule has 0 aromatic rings. The standard InChI is InChI=1S/2C3H7O2.Al.Na/c2*1-5-3-2-4;;/h2*2-3H2,1H3;;/q2*-1;+3;+1. The van der Waals surface area contributed by atoms with Crippen LogP contribution in [0.15, 0.2) is 0 Å². The van der Waals surface area contributed by atoms with Crippen LogP contribution in [-0.2, 0) is 17.1 Å². The van der Waals surface area contributed by atoms with Gasteiger partial charge >= 0.3 is 103 Å². The molecule has 0 aromatic carbocycles. The predicted molar refractivity (Wildman–Crippen MR) is 41.4 cm³/mol. The average molecular weight is 200 g/mol. The minimum Gasteiger partial charge on any atom is 1.00 e. The second-order valence-electron chi connectivity index (χ2n) is 1.82. The van der Waals surface area contributed by atoms with E-state index in [1.165, 1.54) is 0 Å². The Morgan fingerprint density at radius 3 is 1.58 bits per heavy atom. The first-order valence-corrected chi connectivity index (χ1v) is 4.39. The van der Waals surface area contributed by atoms with Gasteiger partial charge < -0.3 is 0 Å². The Labute approximate surface area is 103 Å². The molecule has 0 rings (SSSR count). The first-order valence-electron chi connectivity index (χ1n) is 3.44. The molecule has 0 amide bonds. The summed E-state index contributed by atoms with van der Waals surface area (Å²) >= 11 is -0.349. The van der Waals surface area contributed by atoms with E-state index < -0.39 is 0 Å². The Morgan fingerprint density at radius 2 is 1.25 bits per heavy atom. The van der Waals surface area contributed by atoms with Gasteiger partial charge in [-0.05, 0) is 0 Å². The molecule has 0 aliphatic rings. The monoisotopic (exact) mass is 200 g/mol. The molecule has 4 nitrogen and oxygen atoms in total. The molecule has 0 saturated heterocycles. The van der Waals surface area contributed by atoms with Crippen LogP contribution < -0.4 is 29.6 Å². The number of rotatable bonds is 8. The van der Waals surface area contributed by atoms with Crippen molar-refractivity contribution in [3.05, 3.63) is 0 Å². The molecule has 0 aliphatic carbocycles. The summed E-state index contributed by atoms with van der Waals surface area (Å²) in [5.74, 6) is 0. The summed E-state index contributed by atoms with van der Waals surface area (Å²) in [4.78, 5) is 0. The van der Waals surface area contributed by atoms with E-state index in [0.717, 1.165) is 0 Å². The first kappa shape index (κ1) is 15.8. The molecule has 0 aromatic heterocycles. The topological polar surface area (TPSA) is 36.9 Å². The number of methoxy groups -OCH3 is 2. The molecule has 12 heavy (non-hydrogen) atoms. The largest absolute Gasteiger partial charge is 1.00 e. The summed E-state index contributed by atoms with van der Waals surface area (Å²) < 4.78 is 19.8. The van der Waals surface area contributed by atoms with Gasteiger partial charge in [0.1, 0.15) is 0 Å². The van der Waals surface area contributed by atoms with Gasteiger partial charge in [0, 0.05) is 0 Å². The fourth-order valence-corrected chi connectivity index (χ4v) is 0.888. The van der Waals surface area contributed by atoms with Gasteiger partial charge in [-0.2, -0.15) is 0 Å². The molecule has 0 aliphatic heterocycles. The van der Waals surface area contributed by atoms with E-state index in [2.05, 4.69) is 0 Å². The van der Waals surface area contributed by atoms with Crippen LogP contribution in [0.25, 0.3) is 0 Å². The smallest absolute Gasteiger partial charge is 1.00 e. The molecular weight excluding hydrogens is 186 g/mol. The van der Waals surface area contributed by atoms with Crippen LogP contribution in [0, 0.1) is 0 Å². The fourth-order valence-electron chi connectivity index (χ4n) is 0.407. The van der Waals surface area contributed by atoms with Gasteiger partial charge in [0.05, 0.1) is 0 Å². The SMILES string of the molecule is COCC[O][Al+][O]CCOC.[Na+]. The van der Waals surface area contributed by atoms with E-state index in [4.69, 9.17) is 17.1 Å². The van der Waals surface area contributed by atoms with Crippen molar-refractivity contribution in [3.63, 3.8) is 0 Å². The third-order valence-electron chi connectivity index (χ3n) is 0.947. The van der Waals surface area contributed by atoms with Crippen LogP contribution >= 0.6 is 0 Å². The second kappa shape index (κ2) is 14.9. The number of hydrogen-bond acceptors (Lipinski definition) is 4. The molecule has 0 bridgehead atoms. The van der Waals surface area contributed by atoms with E-state index in [9.17, 15) is 0 Å². The molecule has 6 heteroatoms. The van der Waals surface area contributed by atoms with Crippen molar-refractivity contribution in [3.8, 4) is 0 Å². The fraction of sp³-hybridized carbons (Fsp3) is 1.00. The normalized spacial score (nSPS) is 8.83. The van der Waals surface area contributed by atoms with Gasteiger partial charge in [0.15, 0.2) is 0 Å². The van der Waals surface area contributed by atoms with Crippen molar-refractivity contribution in [2.75, 3.05) is 40.6 Å². The average Bonchev–Trinajstić information content (AvgIpc) is 2.03. The first-order chi connectivity index (χ1) is 5.41. The third kappa shape index (κ3) is 13.9. The summed E-state index contributed by atoms with van der Waals surface area (Å²) in [6.07, 6.45) is 0. The Bertz CT molecular complexity index is 68.6. The molecule has 64 valence electrons. The van der Waals surface area contributed by atoms with Crippen LogP contribution in [0.4, 0.5) is 0 Å². The van der Waals surface area contributed by atoms with Crippen molar-refractivity contribution in [2.24, 2.45) is 0 Å². The summed E-state index contributed by atoms with van der Waals surface area (Å²) in [5, 5.41) is 0. The van der Waals surface area contributed by atoms with Gasteiger partial charge in [0.25, 0.3) is 0 Å². The van der Waals surface area contributed by atoms with Crippen molar-refractivity contribution >= 4 is 15.9 Å². The van der Waals surface area contributed by atoms with Crippen LogP contribution in [0.1, 0.15) is 0 Å². The molecule has 0 heterocycles. The predicted octanol–water partition coefficient (Wildman–Crippen LogP) is -3.15. The van der Waals surface area contributed by atoms with Gasteiger partial charge in [0.2, 0.25) is 0 Å². The Kier molecular flexibility index (Phi) is 19.6. The zero-order valence-corrected chi connectivity index (χ0v) is 11.2. The minimum absolute atomic E-state index is 0. The zero-order chi connectivity index (χ0) is 8.36. The summed E-state index contributed by atoms with van der Waals surface area (Å²) in [5.41, 5.74) is 0. The maximum absolute atomic E-state index is 5.10. The van der Waals surface area contributed by atoms with Gasteiger partial charge in [-0.1, -0.05) is 0 Å². The quantitative estimate of drug-likeness (QED) is 0.306. The molecule has 0 atom stereocenters. The van der Waals surface area contributed by atoms with Crippen molar-refractivity contribution in [2.45, 2.75) is 0 Å². The van der Waals surface area contributed by atoms with Crippen molar-refractivity contribution in [1.29, 1.82) is 0 Å². The summed E-state index contributed by atoms with van der Waals surface area (Å²) in [6.45, 7) is 2.47. The van der Waals surface area contributed by atoms with Crippen molar-refractivity contribution in [1.82, 2.24) is 0 Å². The van der Waals surface area contributed by atoms with Gasteiger partial charge in [-0.25, -0.2) is 0 Å². The Balaban J connectivity index is 0. The second-order valence-corrected chi connectivity index (χ2v) is 2.68. The van der Waals surface area contributed by atoms with Crippen LogP contribution in [0.2, 0.25) is 0 Å². The summed E-state index contributed by atoms with van der Waals surface area (Å²) in [6, 6.07) is 0. The van der Waals surface area contributed by atoms with Crippen molar-refractivity contribution < 1.29 is 46.6 Å². The van der Waals surface area contributed by atoms with Gasteiger partial charge in [-0.3, -0.25) is 0 Å². The molecule has 0 N–H and O–H groups in total. The number of ether oxygens (including phenoxy) is 2. The van der Waals surface area contributed by atoms with E-state index in [0.29, 0.717) is 26.4 Å². The Hall–Kier alpha value is 1.37. The minimum atomic E-state index is -0.349. The van der Waals surface area contributed by atoms with Gasteiger partial charge in [-0.15, -0.1) is 0 Å². The third-order valence-corrected chi connectivity index (χ3v) is 1.69. The van der Waals surface area contributed by atoms with Crippen LogP contribution in [0.5, 0.6) is 0 Å². The molecule has 0 spiro atoms. The summed E-state index contributed by atoms with van der Waals surface area (Å²) in [7, 11) is 3.29. The number of hydrogen-bond donors (Lipinski definition) is 0. The maximum Gasteiger partial charge on any atom is 1.00 e.